The van der Waals surface area contributed by atoms with E-state index in [9.17, 15) is 4.79 Å². The van der Waals surface area contributed by atoms with Crippen molar-refractivity contribution >= 4 is 34.6 Å². The van der Waals surface area contributed by atoms with Crippen LogP contribution in [0.3, 0.4) is 0 Å². The maximum Gasteiger partial charge on any atom is 0.226 e. The van der Waals surface area contributed by atoms with Crippen molar-refractivity contribution in [3.05, 3.63) is 63.1 Å². The van der Waals surface area contributed by atoms with E-state index in [1.807, 2.05) is 24.3 Å². The van der Waals surface area contributed by atoms with Crippen molar-refractivity contribution < 1.29 is 9.21 Å². The molecule has 0 bridgehead atoms. The Morgan fingerprint density at radius 3 is 2.59 bits per heavy atom. The zero-order valence-corrected chi connectivity index (χ0v) is 17.6. The molecule has 1 fully saturated rings. The molecule has 0 radical (unpaired) electrons. The first-order valence-corrected chi connectivity index (χ1v) is 11.0. The van der Waals surface area contributed by atoms with E-state index < -0.39 is 0 Å². The summed E-state index contributed by atoms with van der Waals surface area (Å²) in [6.45, 7) is 1.92. The Labute approximate surface area is 178 Å². The summed E-state index contributed by atoms with van der Waals surface area (Å²) in [5, 5.41) is 8.42. The van der Waals surface area contributed by atoms with E-state index in [2.05, 4.69) is 9.88 Å². The van der Waals surface area contributed by atoms with Gasteiger partial charge in [0.15, 0.2) is 5.78 Å². The zero-order chi connectivity index (χ0) is 20.2. The van der Waals surface area contributed by atoms with Gasteiger partial charge in [-0.3, -0.25) is 10.2 Å². The number of benzene rings is 1. The number of nitrogens with one attached hydrogen (secondary N) is 1. The van der Waals surface area contributed by atoms with Gasteiger partial charge < -0.3 is 9.32 Å². The molecule has 0 unspecified atom stereocenters. The summed E-state index contributed by atoms with van der Waals surface area (Å²) in [5.74, 6) is 1.17. The number of hydrogen-bond acceptors (Lipinski definition) is 5. The van der Waals surface area contributed by atoms with E-state index in [1.165, 1.54) is 17.8 Å². The molecule has 29 heavy (non-hydrogen) atoms. The number of ketones is 1. The van der Waals surface area contributed by atoms with Gasteiger partial charge in [-0.1, -0.05) is 23.7 Å². The second-order valence-corrected chi connectivity index (χ2v) is 8.86. The average molecular weight is 428 g/mol. The van der Waals surface area contributed by atoms with Crippen LogP contribution in [0.4, 0.5) is 0 Å². The van der Waals surface area contributed by atoms with Crippen LogP contribution in [0.15, 0.2) is 47.1 Å². The molecule has 1 aliphatic heterocycles. The number of oxazole rings is 1. The first-order valence-electron chi connectivity index (χ1n) is 9.77. The van der Waals surface area contributed by atoms with Gasteiger partial charge in [0.1, 0.15) is 12.1 Å². The van der Waals surface area contributed by atoms with Crippen molar-refractivity contribution in [1.82, 2.24) is 9.88 Å². The third kappa shape index (κ3) is 4.77. The van der Waals surface area contributed by atoms with Crippen molar-refractivity contribution in [3.8, 4) is 11.5 Å². The number of halogens is 1. The van der Waals surface area contributed by atoms with E-state index in [0.29, 0.717) is 33.8 Å². The number of aromatic nitrogens is 1. The fourth-order valence-electron chi connectivity index (χ4n) is 3.45. The van der Waals surface area contributed by atoms with E-state index in [4.69, 9.17) is 21.4 Å². The fourth-order valence-corrected chi connectivity index (χ4v) is 4.46. The van der Waals surface area contributed by atoms with Gasteiger partial charge in [-0.2, -0.15) is 0 Å². The van der Waals surface area contributed by atoms with Crippen molar-refractivity contribution in [2.24, 2.45) is 0 Å². The summed E-state index contributed by atoms with van der Waals surface area (Å²) < 4.78 is 6.22. The average Bonchev–Trinajstić information content (AvgIpc) is 3.41. The predicted molar refractivity (Wildman–Crippen MR) is 116 cm³/mol. The summed E-state index contributed by atoms with van der Waals surface area (Å²) in [6.07, 6.45) is 6.06. The van der Waals surface area contributed by atoms with Gasteiger partial charge in [-0.15, -0.1) is 11.3 Å². The standard InChI is InChI=1S/C22H22ClN3O2S/c23-20-11-10-19(29-20)18(27)9-8-17-14-28-22(25-17)16-6-4-15(5-7-16)21(24)26-12-2-1-3-13-26/h4-7,10-11,14,24H,1-3,8-9,12-13H2. The van der Waals surface area contributed by atoms with Gasteiger partial charge in [0.25, 0.3) is 0 Å². The predicted octanol–water partition coefficient (Wildman–Crippen LogP) is 5.68. The molecule has 150 valence electrons. The molecule has 0 saturated carbocycles. The molecule has 1 saturated heterocycles. The topological polar surface area (TPSA) is 70.2 Å². The summed E-state index contributed by atoms with van der Waals surface area (Å²) >= 11 is 7.19. The molecule has 0 atom stereocenters. The van der Waals surface area contributed by atoms with Crippen LogP contribution in [0.5, 0.6) is 0 Å². The van der Waals surface area contributed by atoms with Crippen molar-refractivity contribution in [1.29, 1.82) is 5.41 Å². The van der Waals surface area contributed by atoms with Crippen LogP contribution < -0.4 is 0 Å². The van der Waals surface area contributed by atoms with Crippen LogP contribution in [0, 0.1) is 5.41 Å². The normalized spacial score (nSPS) is 14.2. The number of thiophene rings is 1. The van der Waals surface area contributed by atoms with E-state index >= 15 is 0 Å². The summed E-state index contributed by atoms with van der Waals surface area (Å²) in [4.78, 5) is 19.5. The van der Waals surface area contributed by atoms with Crippen LogP contribution >= 0.6 is 22.9 Å². The van der Waals surface area contributed by atoms with E-state index in [0.717, 1.165) is 42.8 Å². The Hall–Kier alpha value is -2.44. The van der Waals surface area contributed by atoms with Gasteiger partial charge >= 0.3 is 0 Å². The Kier molecular flexibility index (Phi) is 6.11. The lowest BCUT2D eigenvalue weighted by Gasteiger charge is -2.29. The molecule has 2 aromatic heterocycles. The minimum absolute atomic E-state index is 0.0621. The summed E-state index contributed by atoms with van der Waals surface area (Å²) in [7, 11) is 0. The SMILES string of the molecule is N=C(c1ccc(-c2nc(CCC(=O)c3ccc(Cl)s3)co2)cc1)N1CCCCC1. The molecular weight excluding hydrogens is 406 g/mol. The Morgan fingerprint density at radius 1 is 1.14 bits per heavy atom. The molecule has 0 spiro atoms. The third-order valence-corrected chi connectivity index (χ3v) is 6.36. The molecule has 1 aromatic carbocycles. The highest BCUT2D eigenvalue weighted by atomic mass is 35.5. The second-order valence-electron chi connectivity index (χ2n) is 7.14. The largest absolute Gasteiger partial charge is 0.444 e. The molecule has 4 rings (SSSR count). The molecule has 7 heteroatoms. The first-order chi connectivity index (χ1) is 14.1. The molecule has 0 amide bonds. The van der Waals surface area contributed by atoms with Crippen molar-refractivity contribution in [2.75, 3.05) is 13.1 Å². The molecule has 1 N–H and O–H groups in total. The highest BCUT2D eigenvalue weighted by Gasteiger charge is 2.16. The maximum atomic E-state index is 12.2. The number of piperidine rings is 1. The van der Waals surface area contributed by atoms with Crippen LogP contribution in [0.2, 0.25) is 4.34 Å². The van der Waals surface area contributed by atoms with Crippen LogP contribution in [-0.4, -0.2) is 34.6 Å². The Bertz CT molecular complexity index is 1000. The quantitative estimate of drug-likeness (QED) is 0.312. The number of likely N-dealkylation sites (tertiary alicyclic amines) is 1. The monoisotopic (exact) mass is 427 g/mol. The van der Waals surface area contributed by atoms with Crippen molar-refractivity contribution in [3.63, 3.8) is 0 Å². The molecule has 0 aliphatic carbocycles. The number of amidine groups is 1. The third-order valence-electron chi connectivity index (χ3n) is 5.09. The minimum Gasteiger partial charge on any atom is -0.444 e. The second kappa shape index (κ2) is 8.93. The van der Waals surface area contributed by atoms with Gasteiger partial charge in [0.05, 0.1) is 14.9 Å². The lowest BCUT2D eigenvalue weighted by Crippen LogP contribution is -2.35. The number of carbonyl (C=O) groups excluding carboxylic acids is 1. The number of nitrogens with zero attached hydrogens (tertiary/aromatic N) is 2. The highest BCUT2D eigenvalue weighted by Crippen LogP contribution is 2.24. The lowest BCUT2D eigenvalue weighted by atomic mass is 10.1. The Balaban J connectivity index is 1.37. The first kappa shape index (κ1) is 19.9. The molecule has 1 aliphatic rings. The number of aryl methyl sites for hydroxylation is 1. The zero-order valence-electron chi connectivity index (χ0n) is 16.0. The highest BCUT2D eigenvalue weighted by molar-refractivity contribution is 7.18. The Morgan fingerprint density at radius 2 is 1.90 bits per heavy atom. The number of Topliss-reactive ketones (excluding diaryl/α,β-unsaturated/α-hetero) is 1. The maximum absolute atomic E-state index is 12.2. The fraction of sp³-hybridized carbons (Fsp3) is 0.318. The molecular formula is C22H22ClN3O2S. The number of carbonyl (C=O) groups is 1. The lowest BCUT2D eigenvalue weighted by molar-refractivity contribution is 0.0986. The number of rotatable bonds is 6. The van der Waals surface area contributed by atoms with Gasteiger partial charge in [0.2, 0.25) is 5.89 Å². The van der Waals surface area contributed by atoms with Gasteiger partial charge in [-0.25, -0.2) is 4.98 Å². The summed E-state index contributed by atoms with van der Waals surface area (Å²) in [6, 6.07) is 11.2. The van der Waals surface area contributed by atoms with Gasteiger partial charge in [0, 0.05) is 37.1 Å². The summed E-state index contributed by atoms with van der Waals surface area (Å²) in [5.41, 5.74) is 2.52. The smallest absolute Gasteiger partial charge is 0.226 e. The van der Waals surface area contributed by atoms with Crippen LogP contribution in [-0.2, 0) is 6.42 Å². The molecule has 5 nitrogen and oxygen atoms in total. The number of hydrogen-bond donors (Lipinski definition) is 1. The van der Waals surface area contributed by atoms with Crippen molar-refractivity contribution in [2.45, 2.75) is 32.1 Å². The van der Waals surface area contributed by atoms with Gasteiger partial charge in [-0.05, 0) is 43.5 Å². The molecule has 3 aromatic rings. The molecule has 3 heterocycles. The minimum atomic E-state index is 0.0621. The van der Waals surface area contributed by atoms with Crippen LogP contribution in [0.1, 0.15) is 46.6 Å². The van der Waals surface area contributed by atoms with E-state index in [1.54, 1.807) is 18.4 Å². The van der Waals surface area contributed by atoms with E-state index in [-0.39, 0.29) is 5.78 Å². The van der Waals surface area contributed by atoms with Crippen LogP contribution in [0.25, 0.3) is 11.5 Å².